The summed E-state index contributed by atoms with van der Waals surface area (Å²) in [7, 11) is 1.59. The first-order chi connectivity index (χ1) is 16.0. The fourth-order valence-electron chi connectivity index (χ4n) is 4.42. The molecular weight excluding hydrogens is 418 g/mol. The Hall–Kier alpha value is -3.94. The lowest BCUT2D eigenvalue weighted by molar-refractivity contribution is 0.0969. The van der Waals surface area contributed by atoms with Gasteiger partial charge in [0.25, 0.3) is 5.56 Å². The summed E-state index contributed by atoms with van der Waals surface area (Å²) in [5.74, 6) is 0.352. The Morgan fingerprint density at radius 3 is 2.42 bits per heavy atom. The molecule has 2 aromatic heterocycles. The molecule has 0 bridgehead atoms. The van der Waals surface area contributed by atoms with Crippen molar-refractivity contribution in [3.05, 3.63) is 86.6 Å². The molecule has 0 saturated heterocycles. The molecule has 8 heteroatoms. The molecule has 168 valence electrons. The highest BCUT2D eigenvalue weighted by atomic mass is 16.2. The number of anilines is 2. The summed E-state index contributed by atoms with van der Waals surface area (Å²) in [6.45, 7) is 3.19. The molecule has 2 aromatic carbocycles. The average molecular weight is 444 g/mol. The van der Waals surface area contributed by atoms with Crippen molar-refractivity contribution in [3.63, 3.8) is 0 Å². The summed E-state index contributed by atoms with van der Waals surface area (Å²) >= 11 is 0. The van der Waals surface area contributed by atoms with Crippen LogP contribution in [0.4, 0.5) is 11.6 Å². The molecule has 0 N–H and O–H groups in total. The molecule has 0 atom stereocenters. The molecule has 0 aliphatic carbocycles. The van der Waals surface area contributed by atoms with E-state index in [-0.39, 0.29) is 12.3 Å². The van der Waals surface area contributed by atoms with Crippen LogP contribution in [0.25, 0.3) is 11.2 Å². The van der Waals surface area contributed by atoms with Gasteiger partial charge in [0.1, 0.15) is 0 Å². The first kappa shape index (κ1) is 20.9. The summed E-state index contributed by atoms with van der Waals surface area (Å²) < 4.78 is 4.25. The van der Waals surface area contributed by atoms with Gasteiger partial charge in [-0.15, -0.1) is 0 Å². The van der Waals surface area contributed by atoms with Gasteiger partial charge in [0.2, 0.25) is 5.95 Å². The molecule has 5 rings (SSSR count). The molecule has 3 heterocycles. The third kappa shape index (κ3) is 3.47. The van der Waals surface area contributed by atoms with Crippen LogP contribution in [0.3, 0.4) is 0 Å². The second-order valence-corrected chi connectivity index (χ2v) is 8.28. The van der Waals surface area contributed by atoms with Gasteiger partial charge in [-0.05, 0) is 30.5 Å². The summed E-state index contributed by atoms with van der Waals surface area (Å²) in [5.41, 5.74) is 2.35. The van der Waals surface area contributed by atoms with Crippen molar-refractivity contribution in [3.8, 4) is 0 Å². The van der Waals surface area contributed by atoms with Crippen LogP contribution in [-0.2, 0) is 26.6 Å². The van der Waals surface area contributed by atoms with Crippen LogP contribution in [0, 0.1) is 0 Å². The molecule has 0 fully saturated rings. The highest BCUT2D eigenvalue weighted by Gasteiger charge is 2.27. The van der Waals surface area contributed by atoms with E-state index in [1.54, 1.807) is 31.3 Å². The molecule has 1 aliphatic heterocycles. The Morgan fingerprint density at radius 1 is 1.00 bits per heavy atom. The third-order valence-corrected chi connectivity index (χ3v) is 6.27. The number of ketones is 1. The van der Waals surface area contributed by atoms with Crippen molar-refractivity contribution in [2.45, 2.75) is 32.9 Å². The van der Waals surface area contributed by atoms with Crippen LogP contribution in [0.1, 0.15) is 29.3 Å². The number of carbonyl (C=O) groups is 1. The fourth-order valence-corrected chi connectivity index (χ4v) is 4.42. The Balaban J connectivity index is 1.63. The normalized spacial score (nSPS) is 13.3. The van der Waals surface area contributed by atoms with E-state index in [0.717, 1.165) is 29.6 Å². The number of nitrogens with zero attached hydrogens (tertiary/aromatic N) is 5. The lowest BCUT2D eigenvalue weighted by Gasteiger charge is -2.29. The van der Waals surface area contributed by atoms with Gasteiger partial charge in [0, 0.05) is 31.4 Å². The second kappa shape index (κ2) is 8.20. The van der Waals surface area contributed by atoms with E-state index in [2.05, 4.69) is 36.1 Å². The van der Waals surface area contributed by atoms with Crippen molar-refractivity contribution >= 4 is 28.6 Å². The van der Waals surface area contributed by atoms with E-state index >= 15 is 0 Å². The van der Waals surface area contributed by atoms with E-state index in [4.69, 9.17) is 4.98 Å². The maximum atomic E-state index is 13.4. The van der Waals surface area contributed by atoms with E-state index in [0.29, 0.717) is 29.2 Å². The lowest BCUT2D eigenvalue weighted by atomic mass is 10.1. The predicted molar refractivity (Wildman–Crippen MR) is 127 cm³/mol. The van der Waals surface area contributed by atoms with Gasteiger partial charge >= 0.3 is 5.69 Å². The third-order valence-electron chi connectivity index (χ3n) is 6.27. The molecule has 4 aromatic rings. The quantitative estimate of drug-likeness (QED) is 0.443. The van der Waals surface area contributed by atoms with Gasteiger partial charge in [-0.3, -0.25) is 18.7 Å². The standard InChI is InChI=1S/C25H25N5O3/c1-3-17-10-12-19(13-11-17)28-14-7-15-29-21-22(26-24(28)29)27(2)25(33)30(23(21)32)16-20(31)18-8-5-4-6-9-18/h4-6,8-13H,3,7,14-16H2,1-2H3. The second-order valence-electron chi connectivity index (χ2n) is 8.28. The van der Waals surface area contributed by atoms with Gasteiger partial charge in [0.15, 0.2) is 16.9 Å². The lowest BCUT2D eigenvalue weighted by Crippen LogP contribution is -2.41. The summed E-state index contributed by atoms with van der Waals surface area (Å²) in [6.07, 6.45) is 1.79. The number of imidazole rings is 1. The number of aryl methyl sites for hydroxylation is 3. The first-order valence-electron chi connectivity index (χ1n) is 11.1. The number of benzene rings is 2. The first-order valence-corrected chi connectivity index (χ1v) is 11.1. The monoisotopic (exact) mass is 443 g/mol. The van der Waals surface area contributed by atoms with Crippen LogP contribution >= 0.6 is 0 Å². The number of Topliss-reactive ketones (excluding diaryl/α,β-unsaturated/α-hetero) is 1. The number of carbonyl (C=O) groups excluding carboxylic acids is 1. The van der Waals surface area contributed by atoms with Gasteiger partial charge in [-0.2, -0.15) is 4.98 Å². The molecule has 0 unspecified atom stereocenters. The smallest absolute Gasteiger partial charge is 0.312 e. The number of fused-ring (bicyclic) bond motifs is 3. The Bertz CT molecular complexity index is 1460. The van der Waals surface area contributed by atoms with Crippen LogP contribution in [-0.4, -0.2) is 31.0 Å². The van der Waals surface area contributed by atoms with E-state index in [9.17, 15) is 14.4 Å². The van der Waals surface area contributed by atoms with Crippen LogP contribution < -0.4 is 16.1 Å². The Labute approximate surface area is 190 Å². The number of aromatic nitrogens is 4. The fraction of sp³-hybridized carbons (Fsp3) is 0.280. The molecule has 0 radical (unpaired) electrons. The highest BCUT2D eigenvalue weighted by Crippen LogP contribution is 2.31. The van der Waals surface area contributed by atoms with Crippen LogP contribution in [0.5, 0.6) is 0 Å². The maximum absolute atomic E-state index is 13.4. The minimum atomic E-state index is -0.550. The van der Waals surface area contributed by atoms with E-state index in [1.165, 1.54) is 10.1 Å². The summed E-state index contributed by atoms with van der Waals surface area (Å²) in [5, 5.41) is 0. The van der Waals surface area contributed by atoms with Crippen molar-refractivity contribution in [2.75, 3.05) is 11.4 Å². The molecule has 33 heavy (non-hydrogen) atoms. The highest BCUT2D eigenvalue weighted by molar-refractivity contribution is 5.96. The van der Waals surface area contributed by atoms with Crippen LogP contribution in [0.2, 0.25) is 0 Å². The number of rotatable bonds is 5. The molecule has 1 aliphatic rings. The van der Waals surface area contributed by atoms with E-state index in [1.807, 2.05) is 10.6 Å². The van der Waals surface area contributed by atoms with Crippen molar-refractivity contribution in [1.29, 1.82) is 0 Å². The topological polar surface area (TPSA) is 82.1 Å². The SMILES string of the molecule is CCc1ccc(N2CCCn3c2nc2c3c(=O)n(CC(=O)c3ccccc3)c(=O)n2C)cc1. The molecule has 8 nitrogen and oxygen atoms in total. The Kier molecular flexibility index (Phi) is 5.20. The summed E-state index contributed by atoms with van der Waals surface area (Å²) in [6, 6.07) is 17.0. The van der Waals surface area contributed by atoms with Crippen molar-refractivity contribution in [2.24, 2.45) is 7.05 Å². The van der Waals surface area contributed by atoms with Gasteiger partial charge in [-0.1, -0.05) is 49.4 Å². The maximum Gasteiger partial charge on any atom is 0.332 e. The van der Waals surface area contributed by atoms with Gasteiger partial charge < -0.3 is 9.47 Å². The minimum Gasteiger partial charge on any atom is -0.312 e. The Morgan fingerprint density at radius 2 is 1.73 bits per heavy atom. The van der Waals surface area contributed by atoms with E-state index < -0.39 is 11.2 Å². The molecule has 0 amide bonds. The number of hydrogen-bond acceptors (Lipinski definition) is 5. The van der Waals surface area contributed by atoms with Crippen LogP contribution in [0.15, 0.2) is 64.2 Å². The predicted octanol–water partition coefficient (Wildman–Crippen LogP) is 2.88. The minimum absolute atomic E-state index is 0.287. The summed E-state index contributed by atoms with van der Waals surface area (Å²) in [4.78, 5) is 46.0. The number of hydrogen-bond donors (Lipinski definition) is 0. The zero-order chi connectivity index (χ0) is 23.1. The zero-order valence-electron chi connectivity index (χ0n) is 18.7. The van der Waals surface area contributed by atoms with Crippen molar-refractivity contribution < 1.29 is 4.79 Å². The van der Waals surface area contributed by atoms with Gasteiger partial charge in [0.05, 0.1) is 6.54 Å². The molecular formula is C25H25N5O3. The average Bonchev–Trinajstić information content (AvgIpc) is 3.26. The largest absolute Gasteiger partial charge is 0.332 e. The molecule has 0 spiro atoms. The zero-order valence-corrected chi connectivity index (χ0v) is 18.7. The molecule has 0 saturated carbocycles. The van der Waals surface area contributed by atoms with Crippen molar-refractivity contribution in [1.82, 2.24) is 18.7 Å². The van der Waals surface area contributed by atoms with Gasteiger partial charge in [-0.25, -0.2) is 4.79 Å².